The van der Waals surface area contributed by atoms with Crippen LogP contribution in [0.25, 0.3) is 16.9 Å². The molecule has 0 radical (unpaired) electrons. The van der Waals surface area contributed by atoms with Crippen LogP contribution in [0.3, 0.4) is 0 Å². The normalized spacial score (nSPS) is 20.5. The van der Waals surface area contributed by atoms with Crippen molar-refractivity contribution >= 4 is 0 Å². The van der Waals surface area contributed by atoms with Crippen molar-refractivity contribution < 1.29 is 0 Å². The van der Waals surface area contributed by atoms with Gasteiger partial charge in [-0.15, -0.1) is 0 Å². The zero-order valence-electron chi connectivity index (χ0n) is 15.3. The molecule has 2 N–H and O–H groups in total. The molecular weight excluding hydrogens is 320 g/mol. The third-order valence-electron chi connectivity index (χ3n) is 5.38. The largest absolute Gasteiger partial charge is 0.330 e. The molecule has 3 aromatic rings. The summed E-state index contributed by atoms with van der Waals surface area (Å²) >= 11 is 0. The van der Waals surface area contributed by atoms with Gasteiger partial charge in [0.05, 0.1) is 11.4 Å². The molecule has 1 aliphatic rings. The smallest absolute Gasteiger partial charge is 0.0972 e. The first-order valence-corrected chi connectivity index (χ1v) is 9.29. The van der Waals surface area contributed by atoms with Gasteiger partial charge in [-0.3, -0.25) is 4.90 Å². The maximum Gasteiger partial charge on any atom is 0.0972 e. The summed E-state index contributed by atoms with van der Waals surface area (Å²) in [6, 6.07) is 20.8. The van der Waals surface area contributed by atoms with Crippen LogP contribution in [0.15, 0.2) is 66.9 Å². The minimum Gasteiger partial charge on any atom is -0.330 e. The van der Waals surface area contributed by atoms with E-state index in [-0.39, 0.29) is 5.41 Å². The van der Waals surface area contributed by atoms with Crippen molar-refractivity contribution in [2.24, 2.45) is 11.1 Å². The van der Waals surface area contributed by atoms with Gasteiger partial charge in [-0.1, -0.05) is 55.5 Å². The average Bonchev–Trinajstić information content (AvgIpc) is 3.28. The summed E-state index contributed by atoms with van der Waals surface area (Å²) in [7, 11) is 0. The van der Waals surface area contributed by atoms with Gasteiger partial charge in [-0.05, 0) is 37.1 Å². The fourth-order valence-corrected chi connectivity index (χ4v) is 3.75. The molecule has 4 heteroatoms. The minimum atomic E-state index is 0.238. The number of rotatable bonds is 5. The Morgan fingerprint density at radius 3 is 2.38 bits per heavy atom. The quantitative estimate of drug-likeness (QED) is 0.766. The zero-order chi connectivity index (χ0) is 18.0. The lowest BCUT2D eigenvalue weighted by atomic mass is 9.90. The summed E-state index contributed by atoms with van der Waals surface area (Å²) in [5.74, 6) is 0. The lowest BCUT2D eigenvalue weighted by molar-refractivity contribution is 0.274. The van der Waals surface area contributed by atoms with Crippen molar-refractivity contribution in [3.63, 3.8) is 0 Å². The lowest BCUT2D eigenvalue weighted by Crippen LogP contribution is -2.31. The molecule has 2 heterocycles. The molecule has 1 atom stereocenters. The molecule has 1 saturated heterocycles. The number of hydrogen-bond acceptors (Lipinski definition) is 3. The van der Waals surface area contributed by atoms with Gasteiger partial charge in [0, 0.05) is 30.4 Å². The molecule has 4 nitrogen and oxygen atoms in total. The van der Waals surface area contributed by atoms with Gasteiger partial charge >= 0.3 is 0 Å². The van der Waals surface area contributed by atoms with Crippen LogP contribution in [-0.4, -0.2) is 34.3 Å². The monoisotopic (exact) mass is 346 g/mol. The SMILES string of the molecule is CC1(CN)CCN(Cc2cn(-c3ccccc3)nc2-c2ccccc2)C1. The van der Waals surface area contributed by atoms with Gasteiger partial charge in [0.1, 0.15) is 0 Å². The molecule has 2 aromatic carbocycles. The number of nitrogens with zero attached hydrogens (tertiary/aromatic N) is 3. The standard InChI is InChI=1S/C22H26N4/c1-22(16-23)12-13-25(17-22)14-19-15-26(20-10-6-3-7-11-20)24-21(19)18-8-4-2-5-9-18/h2-11,15H,12-14,16-17,23H2,1H3. The molecule has 1 unspecified atom stereocenters. The van der Waals surface area contributed by atoms with E-state index >= 15 is 0 Å². The third kappa shape index (κ3) is 3.43. The Hall–Kier alpha value is -2.43. The van der Waals surface area contributed by atoms with Crippen LogP contribution in [0.1, 0.15) is 18.9 Å². The molecule has 1 aliphatic heterocycles. The number of likely N-dealkylation sites (tertiary alicyclic amines) is 1. The topological polar surface area (TPSA) is 47.1 Å². The van der Waals surface area contributed by atoms with Gasteiger partial charge in [0.2, 0.25) is 0 Å². The summed E-state index contributed by atoms with van der Waals surface area (Å²) in [6.45, 7) is 6.09. The second-order valence-electron chi connectivity index (χ2n) is 7.62. The van der Waals surface area contributed by atoms with Gasteiger partial charge in [0.15, 0.2) is 0 Å². The highest BCUT2D eigenvalue weighted by Gasteiger charge is 2.32. The Kier molecular flexibility index (Phi) is 4.62. The molecule has 4 rings (SSSR count). The van der Waals surface area contributed by atoms with Crippen LogP contribution >= 0.6 is 0 Å². The van der Waals surface area contributed by atoms with Crippen LogP contribution in [0.5, 0.6) is 0 Å². The van der Waals surface area contributed by atoms with Crippen LogP contribution < -0.4 is 5.73 Å². The van der Waals surface area contributed by atoms with Crippen molar-refractivity contribution in [2.75, 3.05) is 19.6 Å². The molecular formula is C22H26N4. The molecule has 0 amide bonds. The predicted molar refractivity (Wildman–Crippen MR) is 106 cm³/mol. The van der Waals surface area contributed by atoms with E-state index in [9.17, 15) is 0 Å². The Morgan fingerprint density at radius 1 is 1.04 bits per heavy atom. The second kappa shape index (κ2) is 7.06. The van der Waals surface area contributed by atoms with Crippen molar-refractivity contribution in [2.45, 2.75) is 19.9 Å². The summed E-state index contributed by atoms with van der Waals surface area (Å²) in [5.41, 5.74) is 10.8. The second-order valence-corrected chi connectivity index (χ2v) is 7.62. The predicted octanol–water partition coefficient (Wildman–Crippen LogP) is 3.71. The summed E-state index contributed by atoms with van der Waals surface area (Å²) in [4.78, 5) is 2.51. The molecule has 0 spiro atoms. The zero-order valence-corrected chi connectivity index (χ0v) is 15.3. The highest BCUT2D eigenvalue weighted by molar-refractivity contribution is 5.63. The average molecular weight is 346 g/mol. The van der Waals surface area contributed by atoms with Crippen LogP contribution in [0.2, 0.25) is 0 Å². The van der Waals surface area contributed by atoms with Crippen LogP contribution in [-0.2, 0) is 6.54 Å². The lowest BCUT2D eigenvalue weighted by Gasteiger charge is -2.22. The Morgan fingerprint density at radius 2 is 1.73 bits per heavy atom. The maximum absolute atomic E-state index is 5.98. The molecule has 1 fully saturated rings. The van der Waals surface area contributed by atoms with Gasteiger partial charge in [-0.25, -0.2) is 4.68 Å². The third-order valence-corrected chi connectivity index (χ3v) is 5.38. The van der Waals surface area contributed by atoms with E-state index < -0.39 is 0 Å². The highest BCUT2D eigenvalue weighted by Crippen LogP contribution is 2.31. The molecule has 0 aliphatic carbocycles. The first-order valence-electron chi connectivity index (χ1n) is 9.29. The molecule has 0 bridgehead atoms. The van der Waals surface area contributed by atoms with Gasteiger partial charge in [0.25, 0.3) is 0 Å². The molecule has 1 aromatic heterocycles. The van der Waals surface area contributed by atoms with Gasteiger partial charge in [-0.2, -0.15) is 5.10 Å². The first kappa shape index (κ1) is 17.0. The van der Waals surface area contributed by atoms with E-state index in [0.29, 0.717) is 0 Å². The summed E-state index contributed by atoms with van der Waals surface area (Å²) in [5, 5.41) is 4.91. The van der Waals surface area contributed by atoms with Crippen molar-refractivity contribution in [1.29, 1.82) is 0 Å². The number of nitrogens with two attached hydrogens (primary N) is 1. The van der Waals surface area contributed by atoms with E-state index in [4.69, 9.17) is 10.8 Å². The number of hydrogen-bond donors (Lipinski definition) is 1. The van der Waals surface area contributed by atoms with E-state index in [1.165, 1.54) is 5.56 Å². The minimum absolute atomic E-state index is 0.238. The number of benzene rings is 2. The van der Waals surface area contributed by atoms with E-state index in [1.807, 2.05) is 28.9 Å². The summed E-state index contributed by atoms with van der Waals surface area (Å²) in [6.07, 6.45) is 3.34. The van der Waals surface area contributed by atoms with E-state index in [0.717, 1.165) is 49.5 Å². The Labute approximate surface area is 155 Å². The van der Waals surface area contributed by atoms with Crippen molar-refractivity contribution in [1.82, 2.24) is 14.7 Å². The van der Waals surface area contributed by atoms with Crippen molar-refractivity contribution in [3.8, 4) is 16.9 Å². The van der Waals surface area contributed by atoms with E-state index in [1.54, 1.807) is 0 Å². The molecule has 134 valence electrons. The summed E-state index contributed by atoms with van der Waals surface area (Å²) < 4.78 is 2.00. The van der Waals surface area contributed by atoms with Gasteiger partial charge < -0.3 is 5.73 Å². The number of aromatic nitrogens is 2. The Balaban J connectivity index is 1.67. The van der Waals surface area contributed by atoms with Crippen LogP contribution in [0.4, 0.5) is 0 Å². The molecule has 0 saturated carbocycles. The fourth-order valence-electron chi connectivity index (χ4n) is 3.75. The fraction of sp³-hybridized carbons (Fsp3) is 0.318. The van der Waals surface area contributed by atoms with E-state index in [2.05, 4.69) is 54.4 Å². The molecule has 26 heavy (non-hydrogen) atoms. The Bertz CT molecular complexity index is 856. The van der Waals surface area contributed by atoms with Crippen LogP contribution in [0, 0.1) is 5.41 Å². The first-order chi connectivity index (χ1) is 12.7. The number of para-hydroxylation sites is 1. The van der Waals surface area contributed by atoms with Crippen molar-refractivity contribution in [3.05, 3.63) is 72.4 Å². The highest BCUT2D eigenvalue weighted by atomic mass is 15.3. The maximum atomic E-state index is 5.98.